The van der Waals surface area contributed by atoms with Gasteiger partial charge in [0.05, 0.1) is 6.17 Å². The number of halogens is 2. The number of hydrogen-bond acceptors (Lipinski definition) is 2. The van der Waals surface area contributed by atoms with Crippen LogP contribution in [0, 0.1) is 12.7 Å². The van der Waals surface area contributed by atoms with Crippen molar-refractivity contribution >= 4 is 11.6 Å². The van der Waals surface area contributed by atoms with E-state index in [1.807, 2.05) is 30.3 Å². The first-order chi connectivity index (χ1) is 14.1. The average molecular weight is 409 g/mol. The quantitative estimate of drug-likeness (QED) is 0.496. The van der Waals surface area contributed by atoms with Crippen molar-refractivity contribution in [2.24, 2.45) is 0 Å². The highest BCUT2D eigenvalue weighted by Gasteiger charge is 2.31. The van der Waals surface area contributed by atoms with E-state index in [0.717, 1.165) is 48.7 Å². The third-order valence-electron chi connectivity index (χ3n) is 5.68. The normalized spacial score (nSPS) is 18.1. The first-order valence-corrected chi connectivity index (χ1v) is 10.5. The molecule has 0 radical (unpaired) electrons. The summed E-state index contributed by atoms with van der Waals surface area (Å²) in [6, 6.07) is 23.5. The van der Waals surface area contributed by atoms with Gasteiger partial charge in [0.2, 0.25) is 0 Å². The Hall–Kier alpha value is -2.20. The van der Waals surface area contributed by atoms with E-state index >= 15 is 0 Å². The van der Waals surface area contributed by atoms with E-state index in [1.54, 1.807) is 12.1 Å². The molecule has 0 amide bonds. The Bertz CT molecular complexity index is 957. The third kappa shape index (κ3) is 4.69. The Morgan fingerprint density at radius 2 is 1.52 bits per heavy atom. The van der Waals surface area contributed by atoms with Crippen LogP contribution in [0.4, 0.5) is 4.39 Å². The van der Waals surface area contributed by atoms with Gasteiger partial charge >= 0.3 is 0 Å². The largest absolute Gasteiger partial charge is 0.280 e. The van der Waals surface area contributed by atoms with Crippen LogP contribution >= 0.6 is 11.6 Å². The molecule has 1 fully saturated rings. The van der Waals surface area contributed by atoms with Crippen LogP contribution in [0.2, 0.25) is 5.02 Å². The van der Waals surface area contributed by atoms with E-state index in [2.05, 4.69) is 47.1 Å². The van der Waals surface area contributed by atoms with Crippen LogP contribution in [0.1, 0.15) is 34.8 Å². The van der Waals surface area contributed by atoms with E-state index in [9.17, 15) is 4.39 Å². The number of hydrogen-bond donors (Lipinski definition) is 0. The highest BCUT2D eigenvalue weighted by Crippen LogP contribution is 2.34. The first kappa shape index (κ1) is 20.1. The molecule has 2 nitrogen and oxygen atoms in total. The van der Waals surface area contributed by atoms with Crippen molar-refractivity contribution in [3.8, 4) is 0 Å². The van der Waals surface area contributed by atoms with Gasteiger partial charge in [-0.25, -0.2) is 4.39 Å². The third-order valence-corrected chi connectivity index (χ3v) is 6.05. The summed E-state index contributed by atoms with van der Waals surface area (Å²) in [6.45, 7) is 5.80. The van der Waals surface area contributed by atoms with Gasteiger partial charge in [0, 0.05) is 31.2 Å². The molecule has 0 N–H and O–H groups in total. The highest BCUT2D eigenvalue weighted by molar-refractivity contribution is 6.31. The molecule has 1 heterocycles. The van der Waals surface area contributed by atoms with Crippen LogP contribution in [0.25, 0.3) is 0 Å². The molecule has 3 aromatic carbocycles. The predicted molar refractivity (Wildman–Crippen MR) is 117 cm³/mol. The van der Waals surface area contributed by atoms with Crippen molar-refractivity contribution in [3.63, 3.8) is 0 Å². The van der Waals surface area contributed by atoms with Crippen molar-refractivity contribution in [2.75, 3.05) is 13.1 Å². The molecule has 0 unspecified atom stereocenters. The molecule has 29 heavy (non-hydrogen) atoms. The van der Waals surface area contributed by atoms with Gasteiger partial charge in [-0.2, -0.15) is 0 Å². The van der Waals surface area contributed by atoms with Gasteiger partial charge in [0.15, 0.2) is 0 Å². The molecule has 0 bridgehead atoms. The molecule has 0 aliphatic carbocycles. The molecule has 150 valence electrons. The average Bonchev–Trinajstić information content (AvgIpc) is 2.72. The smallest absolute Gasteiger partial charge is 0.123 e. The minimum absolute atomic E-state index is 0.159. The maximum Gasteiger partial charge on any atom is 0.123 e. The molecule has 0 spiro atoms. The molecule has 1 saturated heterocycles. The minimum atomic E-state index is -0.191. The second-order valence-corrected chi connectivity index (χ2v) is 8.15. The zero-order valence-electron chi connectivity index (χ0n) is 16.7. The van der Waals surface area contributed by atoms with Crippen LogP contribution in [-0.2, 0) is 13.1 Å². The van der Waals surface area contributed by atoms with Crippen molar-refractivity contribution < 1.29 is 4.39 Å². The molecule has 1 atom stereocenters. The number of rotatable bonds is 5. The summed E-state index contributed by atoms with van der Waals surface area (Å²) < 4.78 is 13.4. The summed E-state index contributed by atoms with van der Waals surface area (Å²) in [7, 11) is 0. The Kier molecular flexibility index (Phi) is 6.29. The Morgan fingerprint density at radius 1 is 0.862 bits per heavy atom. The lowest BCUT2D eigenvalue weighted by Gasteiger charge is -2.45. The van der Waals surface area contributed by atoms with Crippen LogP contribution in [0.15, 0.2) is 72.8 Å². The molecular weight excluding hydrogens is 383 g/mol. The molecular formula is C25H26ClFN2. The summed E-state index contributed by atoms with van der Waals surface area (Å²) in [4.78, 5) is 5.01. The van der Waals surface area contributed by atoms with E-state index in [4.69, 9.17) is 11.6 Å². The number of benzene rings is 3. The molecule has 0 aromatic heterocycles. The zero-order valence-corrected chi connectivity index (χ0v) is 17.4. The van der Waals surface area contributed by atoms with Gasteiger partial charge in [-0.15, -0.1) is 0 Å². The maximum absolute atomic E-state index is 13.4. The maximum atomic E-state index is 13.4. The Morgan fingerprint density at radius 3 is 2.24 bits per heavy atom. The second-order valence-electron chi connectivity index (χ2n) is 7.74. The molecule has 0 saturated carbocycles. The van der Waals surface area contributed by atoms with E-state index in [1.165, 1.54) is 11.1 Å². The zero-order chi connectivity index (χ0) is 20.2. The van der Waals surface area contributed by atoms with E-state index in [0.29, 0.717) is 0 Å². The summed E-state index contributed by atoms with van der Waals surface area (Å²) in [6.07, 6.45) is 1.25. The van der Waals surface area contributed by atoms with Gasteiger partial charge in [0.25, 0.3) is 0 Å². The lowest BCUT2D eigenvalue weighted by atomic mass is 10.00. The standard InChI is InChI=1S/C25H26ClFN2/c1-19-7-2-4-9-23(19)25-28(17-20-11-13-22(27)14-12-20)15-6-16-29(25)18-21-8-3-5-10-24(21)26/h2-5,7-14,25H,6,15-18H2,1H3/t25-/m0/s1. The molecule has 3 aromatic rings. The fourth-order valence-corrected chi connectivity index (χ4v) is 4.42. The first-order valence-electron chi connectivity index (χ1n) is 10.1. The monoisotopic (exact) mass is 408 g/mol. The van der Waals surface area contributed by atoms with Gasteiger partial charge < -0.3 is 0 Å². The van der Waals surface area contributed by atoms with Gasteiger partial charge in [-0.3, -0.25) is 9.80 Å². The van der Waals surface area contributed by atoms with E-state index < -0.39 is 0 Å². The van der Waals surface area contributed by atoms with Crippen molar-refractivity contribution in [1.29, 1.82) is 0 Å². The molecule has 4 heteroatoms. The lowest BCUT2D eigenvalue weighted by molar-refractivity contribution is -0.00944. The number of nitrogens with zero attached hydrogens (tertiary/aromatic N) is 2. The van der Waals surface area contributed by atoms with Crippen molar-refractivity contribution in [1.82, 2.24) is 9.80 Å². The Balaban J connectivity index is 1.67. The van der Waals surface area contributed by atoms with Crippen LogP contribution in [0.3, 0.4) is 0 Å². The summed E-state index contributed by atoms with van der Waals surface area (Å²) >= 11 is 6.47. The topological polar surface area (TPSA) is 6.48 Å². The second kappa shape index (κ2) is 9.08. The molecule has 4 rings (SSSR count). The Labute approximate surface area is 177 Å². The van der Waals surface area contributed by atoms with Crippen molar-refractivity contribution in [3.05, 3.63) is 106 Å². The summed E-state index contributed by atoms with van der Waals surface area (Å²) in [5, 5.41) is 0.812. The van der Waals surface area contributed by atoms with Gasteiger partial charge in [-0.1, -0.05) is 66.2 Å². The van der Waals surface area contributed by atoms with E-state index in [-0.39, 0.29) is 12.0 Å². The minimum Gasteiger partial charge on any atom is -0.280 e. The fourth-order valence-electron chi connectivity index (χ4n) is 4.22. The van der Waals surface area contributed by atoms with Crippen LogP contribution in [0.5, 0.6) is 0 Å². The van der Waals surface area contributed by atoms with Gasteiger partial charge in [0.1, 0.15) is 5.82 Å². The van der Waals surface area contributed by atoms with Crippen molar-refractivity contribution in [2.45, 2.75) is 32.6 Å². The lowest BCUT2D eigenvalue weighted by Crippen LogP contribution is -2.47. The SMILES string of the molecule is Cc1ccccc1[C@H]1N(Cc2ccc(F)cc2)CCCN1Cc1ccccc1Cl. The van der Waals surface area contributed by atoms with Crippen LogP contribution in [-0.4, -0.2) is 22.9 Å². The molecule has 1 aliphatic rings. The summed E-state index contributed by atoms with van der Waals surface area (Å²) in [5.74, 6) is -0.191. The predicted octanol–water partition coefficient (Wildman–Crippen LogP) is 6.19. The van der Waals surface area contributed by atoms with Crippen LogP contribution < -0.4 is 0 Å². The number of aryl methyl sites for hydroxylation is 1. The fraction of sp³-hybridized carbons (Fsp3) is 0.280. The highest BCUT2D eigenvalue weighted by atomic mass is 35.5. The summed E-state index contributed by atoms with van der Waals surface area (Å²) in [5.41, 5.74) is 4.88. The van der Waals surface area contributed by atoms with Gasteiger partial charge in [-0.05, 0) is 53.8 Å². The molecule has 1 aliphatic heterocycles.